The van der Waals surface area contributed by atoms with Gasteiger partial charge in [-0.3, -0.25) is 20.2 Å². The number of benzene rings is 3. The zero-order chi connectivity index (χ0) is 27.9. The summed E-state index contributed by atoms with van der Waals surface area (Å²) in [6.45, 7) is 3.99. The number of hydrogen-bond donors (Lipinski definition) is 3. The SMILES string of the molecule is COc1ccc([N+](=O)[O-])cc1/C=N/Nc1nc(Nc2ccc([N+](=O)[O-])cc2)nc(Nc2ccc(C)c(C)c2)n1. The lowest BCUT2D eigenvalue weighted by Crippen LogP contribution is -2.07. The van der Waals surface area contributed by atoms with Crippen LogP contribution in [0.25, 0.3) is 0 Å². The summed E-state index contributed by atoms with van der Waals surface area (Å²) in [6.07, 6.45) is 1.34. The normalized spacial score (nSPS) is 10.7. The van der Waals surface area contributed by atoms with Crippen LogP contribution in [0.4, 0.5) is 40.6 Å². The average Bonchev–Trinajstić information content (AvgIpc) is 2.91. The zero-order valence-electron chi connectivity index (χ0n) is 21.1. The third-order valence-electron chi connectivity index (χ3n) is 5.53. The summed E-state index contributed by atoms with van der Waals surface area (Å²) >= 11 is 0. The molecule has 0 radical (unpaired) electrons. The van der Waals surface area contributed by atoms with E-state index < -0.39 is 9.85 Å². The Balaban J connectivity index is 1.63. The summed E-state index contributed by atoms with van der Waals surface area (Å²) in [5.41, 5.74) is 6.37. The summed E-state index contributed by atoms with van der Waals surface area (Å²) in [7, 11) is 1.44. The molecule has 14 heteroatoms. The Morgan fingerprint density at radius 1 is 0.769 bits per heavy atom. The second-order valence-electron chi connectivity index (χ2n) is 8.21. The molecule has 198 valence electrons. The number of nitrogens with one attached hydrogen (secondary N) is 3. The highest BCUT2D eigenvalue weighted by molar-refractivity contribution is 5.85. The Morgan fingerprint density at radius 3 is 1.97 bits per heavy atom. The number of nitro groups is 2. The quantitative estimate of drug-likeness (QED) is 0.139. The van der Waals surface area contributed by atoms with Crippen molar-refractivity contribution >= 4 is 46.8 Å². The Morgan fingerprint density at radius 2 is 1.36 bits per heavy atom. The monoisotopic (exact) mass is 529 g/mol. The van der Waals surface area contributed by atoms with Crippen LogP contribution in [0.2, 0.25) is 0 Å². The molecule has 0 aliphatic heterocycles. The van der Waals surface area contributed by atoms with Gasteiger partial charge in [0.2, 0.25) is 17.8 Å². The Hall–Kier alpha value is -5.66. The van der Waals surface area contributed by atoms with E-state index in [1.54, 1.807) is 0 Å². The molecule has 0 bridgehead atoms. The van der Waals surface area contributed by atoms with Gasteiger partial charge >= 0.3 is 0 Å². The number of nitrogens with zero attached hydrogens (tertiary/aromatic N) is 6. The van der Waals surface area contributed by atoms with E-state index >= 15 is 0 Å². The van der Waals surface area contributed by atoms with Gasteiger partial charge in [0.25, 0.3) is 11.4 Å². The van der Waals surface area contributed by atoms with E-state index in [-0.39, 0.29) is 29.2 Å². The van der Waals surface area contributed by atoms with Crippen molar-refractivity contribution in [3.8, 4) is 5.75 Å². The van der Waals surface area contributed by atoms with E-state index in [0.717, 1.165) is 16.8 Å². The molecule has 0 saturated carbocycles. The van der Waals surface area contributed by atoms with Crippen molar-refractivity contribution in [1.82, 2.24) is 15.0 Å². The van der Waals surface area contributed by atoms with Crippen LogP contribution in [0.1, 0.15) is 16.7 Å². The van der Waals surface area contributed by atoms with E-state index in [1.165, 1.54) is 55.8 Å². The van der Waals surface area contributed by atoms with Gasteiger partial charge in [0, 0.05) is 41.2 Å². The third kappa shape index (κ3) is 6.76. The third-order valence-corrected chi connectivity index (χ3v) is 5.53. The molecule has 0 fully saturated rings. The van der Waals surface area contributed by atoms with Gasteiger partial charge in [-0.25, -0.2) is 5.43 Å². The fourth-order valence-electron chi connectivity index (χ4n) is 3.38. The number of methoxy groups -OCH3 is 1. The highest BCUT2D eigenvalue weighted by atomic mass is 16.6. The molecule has 3 aromatic carbocycles. The molecule has 0 saturated heterocycles. The number of hydrazone groups is 1. The van der Waals surface area contributed by atoms with Crippen molar-refractivity contribution < 1.29 is 14.6 Å². The molecular weight excluding hydrogens is 506 g/mol. The second-order valence-corrected chi connectivity index (χ2v) is 8.21. The molecule has 0 aliphatic rings. The first-order valence-corrected chi connectivity index (χ1v) is 11.4. The van der Waals surface area contributed by atoms with Crippen LogP contribution in [0.5, 0.6) is 5.75 Å². The van der Waals surface area contributed by atoms with E-state index in [4.69, 9.17) is 4.74 Å². The van der Waals surface area contributed by atoms with Crippen LogP contribution in [0.15, 0.2) is 65.8 Å². The van der Waals surface area contributed by atoms with Crippen molar-refractivity contribution in [2.75, 3.05) is 23.2 Å². The fraction of sp³-hybridized carbons (Fsp3) is 0.120. The number of rotatable bonds is 10. The number of aryl methyl sites for hydroxylation is 2. The molecule has 1 heterocycles. The maximum absolute atomic E-state index is 11.1. The number of nitro benzene ring substituents is 2. The summed E-state index contributed by atoms with van der Waals surface area (Å²) in [5.74, 6) is 0.778. The molecule has 3 N–H and O–H groups in total. The van der Waals surface area contributed by atoms with Crippen LogP contribution in [-0.2, 0) is 0 Å². The maximum Gasteiger partial charge on any atom is 0.270 e. The fourth-order valence-corrected chi connectivity index (χ4v) is 3.38. The summed E-state index contributed by atoms with van der Waals surface area (Å²) in [6, 6.07) is 15.7. The van der Waals surface area contributed by atoms with Crippen molar-refractivity contribution in [3.05, 3.63) is 97.6 Å². The first-order chi connectivity index (χ1) is 18.7. The van der Waals surface area contributed by atoms with Crippen molar-refractivity contribution in [3.63, 3.8) is 0 Å². The largest absolute Gasteiger partial charge is 0.496 e. The molecule has 0 unspecified atom stereocenters. The minimum atomic E-state index is -0.517. The number of anilines is 5. The molecule has 0 atom stereocenters. The zero-order valence-corrected chi connectivity index (χ0v) is 21.1. The van der Waals surface area contributed by atoms with Crippen molar-refractivity contribution in [1.29, 1.82) is 0 Å². The van der Waals surface area contributed by atoms with E-state index in [2.05, 4.69) is 36.1 Å². The molecule has 0 spiro atoms. The van der Waals surface area contributed by atoms with Gasteiger partial charge in [-0.15, -0.1) is 0 Å². The number of ether oxygens (including phenoxy) is 1. The first-order valence-electron chi connectivity index (χ1n) is 11.4. The van der Waals surface area contributed by atoms with E-state index in [9.17, 15) is 20.2 Å². The van der Waals surface area contributed by atoms with Crippen LogP contribution >= 0.6 is 0 Å². The van der Waals surface area contributed by atoms with Crippen molar-refractivity contribution in [2.24, 2.45) is 5.10 Å². The highest BCUT2D eigenvalue weighted by Crippen LogP contribution is 2.24. The molecule has 4 aromatic rings. The Bertz CT molecular complexity index is 1560. The van der Waals surface area contributed by atoms with Gasteiger partial charge in [0.15, 0.2) is 0 Å². The maximum atomic E-state index is 11.1. The van der Waals surface area contributed by atoms with Gasteiger partial charge in [-0.05, 0) is 55.3 Å². The topological polar surface area (TPSA) is 183 Å². The summed E-state index contributed by atoms with van der Waals surface area (Å²) in [5, 5.41) is 32.3. The lowest BCUT2D eigenvalue weighted by atomic mass is 10.1. The predicted molar refractivity (Wildman–Crippen MR) is 146 cm³/mol. The molecule has 0 amide bonds. The van der Waals surface area contributed by atoms with E-state index in [0.29, 0.717) is 17.0 Å². The van der Waals surface area contributed by atoms with Crippen LogP contribution in [0, 0.1) is 34.1 Å². The molecule has 0 aliphatic carbocycles. The lowest BCUT2D eigenvalue weighted by molar-refractivity contribution is -0.385. The summed E-state index contributed by atoms with van der Waals surface area (Å²) < 4.78 is 5.25. The molecule has 14 nitrogen and oxygen atoms in total. The molecular formula is C25H23N9O5. The average molecular weight is 530 g/mol. The number of hydrogen-bond acceptors (Lipinski definition) is 12. The lowest BCUT2D eigenvalue weighted by Gasteiger charge is -2.11. The minimum Gasteiger partial charge on any atom is -0.496 e. The van der Waals surface area contributed by atoms with Gasteiger partial charge in [-0.2, -0.15) is 20.1 Å². The van der Waals surface area contributed by atoms with Crippen LogP contribution in [0.3, 0.4) is 0 Å². The van der Waals surface area contributed by atoms with E-state index in [1.807, 2.05) is 32.0 Å². The van der Waals surface area contributed by atoms with Gasteiger partial charge in [0.1, 0.15) is 5.75 Å². The minimum absolute atomic E-state index is 0.0541. The van der Waals surface area contributed by atoms with Crippen molar-refractivity contribution in [2.45, 2.75) is 13.8 Å². The molecule has 1 aromatic heterocycles. The molecule has 39 heavy (non-hydrogen) atoms. The van der Waals surface area contributed by atoms with Gasteiger partial charge < -0.3 is 15.4 Å². The number of aromatic nitrogens is 3. The van der Waals surface area contributed by atoms with Gasteiger partial charge in [-0.1, -0.05) is 6.07 Å². The smallest absolute Gasteiger partial charge is 0.270 e. The second kappa shape index (κ2) is 11.6. The highest BCUT2D eigenvalue weighted by Gasteiger charge is 2.12. The van der Waals surface area contributed by atoms with Crippen LogP contribution < -0.4 is 20.8 Å². The summed E-state index contributed by atoms with van der Waals surface area (Å²) in [4.78, 5) is 34.1. The van der Waals surface area contributed by atoms with Gasteiger partial charge in [0.05, 0.1) is 23.2 Å². The van der Waals surface area contributed by atoms with Crippen LogP contribution in [-0.4, -0.2) is 38.1 Å². The standard InChI is InChI=1S/C25H23N9O5/c1-15-4-5-19(12-16(15)2)28-24-29-23(27-18-6-8-20(9-7-18)33(35)36)30-25(31-24)32-26-14-17-13-21(34(37)38)10-11-22(17)39-3/h4-14H,1-3H3,(H3,27,28,29,30,31,32)/b26-14+. The first kappa shape index (κ1) is 26.4. The Kier molecular flexibility index (Phi) is 7.85. The molecule has 4 rings (SSSR count). The Labute approximate surface area is 222 Å². The number of non-ortho nitro benzene ring substituents is 2. The predicted octanol–water partition coefficient (Wildman–Crippen LogP) is 5.25.